The third kappa shape index (κ3) is 7.73. The van der Waals surface area contributed by atoms with Crippen LogP contribution in [0, 0.1) is 12.8 Å². The average molecular weight is 293 g/mol. The first-order chi connectivity index (χ1) is 10.1. The molecule has 0 aliphatic carbocycles. The Morgan fingerprint density at radius 3 is 2.76 bits per heavy atom. The fraction of sp³-hybridized carbons (Fsp3) is 0.750. The first-order valence-corrected chi connectivity index (χ1v) is 8.13. The van der Waals surface area contributed by atoms with E-state index in [4.69, 9.17) is 0 Å². The van der Waals surface area contributed by atoms with Gasteiger partial charge >= 0.3 is 0 Å². The van der Waals surface area contributed by atoms with Gasteiger partial charge in [0.15, 0.2) is 5.96 Å². The van der Waals surface area contributed by atoms with Crippen molar-refractivity contribution in [2.75, 3.05) is 19.6 Å². The molecule has 5 nitrogen and oxygen atoms in total. The lowest BCUT2D eigenvalue weighted by molar-refractivity contribution is 0.572. The predicted molar refractivity (Wildman–Crippen MR) is 89.6 cm³/mol. The molecular weight excluding hydrogens is 262 g/mol. The zero-order valence-corrected chi connectivity index (χ0v) is 14.0. The molecule has 0 fully saturated rings. The number of guanidine groups is 1. The Balaban J connectivity index is 2.22. The Morgan fingerprint density at radius 1 is 1.33 bits per heavy atom. The van der Waals surface area contributed by atoms with Crippen LogP contribution in [-0.2, 0) is 6.54 Å². The molecule has 0 saturated heterocycles. The minimum absolute atomic E-state index is 0.721. The summed E-state index contributed by atoms with van der Waals surface area (Å²) in [6.45, 7) is 12.4. The summed E-state index contributed by atoms with van der Waals surface area (Å²) in [5.41, 5.74) is 0. The van der Waals surface area contributed by atoms with E-state index in [0.717, 1.165) is 56.7 Å². The minimum Gasteiger partial charge on any atom is -0.357 e. The second-order valence-corrected chi connectivity index (χ2v) is 5.74. The van der Waals surface area contributed by atoms with Crippen molar-refractivity contribution in [2.45, 2.75) is 53.5 Å². The maximum absolute atomic E-state index is 4.62. The molecular formula is C16H31N5. The van der Waals surface area contributed by atoms with Crippen LogP contribution in [0.2, 0.25) is 0 Å². The van der Waals surface area contributed by atoms with Gasteiger partial charge in [0.25, 0.3) is 0 Å². The molecule has 0 atom stereocenters. The molecule has 0 unspecified atom stereocenters. The summed E-state index contributed by atoms with van der Waals surface area (Å²) in [5, 5.41) is 6.68. The standard InChI is InChI=1S/C16H31N5/c1-5-17-16(20-10-8-14(2)3)19-9-6-7-12-21-13-11-18-15(21)4/h11,13-14H,5-10,12H2,1-4H3,(H2,17,19,20). The Kier molecular flexibility index (Phi) is 8.55. The fourth-order valence-corrected chi connectivity index (χ4v) is 2.05. The van der Waals surface area contributed by atoms with E-state index in [2.05, 4.69) is 45.9 Å². The molecule has 0 aliphatic heterocycles. The first kappa shape index (κ1) is 17.5. The average Bonchev–Trinajstić information content (AvgIpc) is 2.83. The van der Waals surface area contributed by atoms with Crippen molar-refractivity contribution in [3.8, 4) is 0 Å². The molecule has 5 heteroatoms. The van der Waals surface area contributed by atoms with Crippen molar-refractivity contribution in [2.24, 2.45) is 10.9 Å². The van der Waals surface area contributed by atoms with Crippen LogP contribution in [0.5, 0.6) is 0 Å². The monoisotopic (exact) mass is 293 g/mol. The molecule has 21 heavy (non-hydrogen) atoms. The normalized spacial score (nSPS) is 12.0. The van der Waals surface area contributed by atoms with Gasteiger partial charge in [0, 0.05) is 38.6 Å². The summed E-state index contributed by atoms with van der Waals surface area (Å²) in [5.74, 6) is 2.75. The summed E-state index contributed by atoms with van der Waals surface area (Å²) < 4.78 is 2.19. The smallest absolute Gasteiger partial charge is 0.191 e. The van der Waals surface area contributed by atoms with Crippen LogP contribution in [0.15, 0.2) is 17.4 Å². The van der Waals surface area contributed by atoms with Crippen LogP contribution < -0.4 is 10.6 Å². The quantitative estimate of drug-likeness (QED) is 0.418. The largest absolute Gasteiger partial charge is 0.357 e. The van der Waals surface area contributed by atoms with Gasteiger partial charge in [-0.1, -0.05) is 13.8 Å². The molecule has 0 bridgehead atoms. The van der Waals surface area contributed by atoms with Crippen LogP contribution >= 0.6 is 0 Å². The van der Waals surface area contributed by atoms with Gasteiger partial charge in [0.05, 0.1) is 0 Å². The molecule has 0 aromatic carbocycles. The lowest BCUT2D eigenvalue weighted by atomic mass is 10.1. The molecule has 1 heterocycles. The van der Waals surface area contributed by atoms with E-state index in [0.29, 0.717) is 0 Å². The van der Waals surface area contributed by atoms with Crippen LogP contribution in [0.1, 0.15) is 45.9 Å². The maximum atomic E-state index is 4.62. The van der Waals surface area contributed by atoms with Gasteiger partial charge in [-0.3, -0.25) is 4.99 Å². The summed E-state index contributed by atoms with van der Waals surface area (Å²) in [7, 11) is 0. The highest BCUT2D eigenvalue weighted by molar-refractivity contribution is 5.79. The van der Waals surface area contributed by atoms with Crippen LogP contribution in [0.4, 0.5) is 0 Å². The number of nitrogens with one attached hydrogen (secondary N) is 2. The Bertz CT molecular complexity index is 409. The van der Waals surface area contributed by atoms with E-state index < -0.39 is 0 Å². The van der Waals surface area contributed by atoms with Crippen molar-refractivity contribution in [1.29, 1.82) is 0 Å². The zero-order valence-electron chi connectivity index (χ0n) is 14.0. The zero-order chi connectivity index (χ0) is 15.5. The molecule has 0 spiro atoms. The molecule has 1 aromatic rings. The van der Waals surface area contributed by atoms with E-state index in [1.165, 1.54) is 6.42 Å². The molecule has 2 N–H and O–H groups in total. The van der Waals surface area contributed by atoms with Crippen molar-refractivity contribution in [1.82, 2.24) is 20.2 Å². The Hall–Kier alpha value is -1.52. The molecule has 0 aliphatic rings. The number of imidazole rings is 1. The van der Waals surface area contributed by atoms with E-state index in [-0.39, 0.29) is 0 Å². The molecule has 0 amide bonds. The Labute approximate surface area is 129 Å². The lowest BCUT2D eigenvalue weighted by Gasteiger charge is -2.12. The van der Waals surface area contributed by atoms with Crippen molar-refractivity contribution in [3.63, 3.8) is 0 Å². The van der Waals surface area contributed by atoms with Gasteiger partial charge in [0.1, 0.15) is 5.82 Å². The summed E-state index contributed by atoms with van der Waals surface area (Å²) in [6, 6.07) is 0. The summed E-state index contributed by atoms with van der Waals surface area (Å²) >= 11 is 0. The number of aliphatic imine (C=N–C) groups is 1. The Morgan fingerprint density at radius 2 is 2.14 bits per heavy atom. The molecule has 0 saturated carbocycles. The van der Waals surface area contributed by atoms with E-state index in [9.17, 15) is 0 Å². The highest BCUT2D eigenvalue weighted by Crippen LogP contribution is 2.00. The summed E-state index contributed by atoms with van der Waals surface area (Å²) in [6.07, 6.45) is 7.29. The van der Waals surface area contributed by atoms with Gasteiger partial charge in [-0.05, 0) is 39.0 Å². The maximum Gasteiger partial charge on any atom is 0.191 e. The van der Waals surface area contributed by atoms with E-state index in [1.54, 1.807) is 0 Å². The van der Waals surface area contributed by atoms with E-state index >= 15 is 0 Å². The third-order valence-corrected chi connectivity index (χ3v) is 3.36. The van der Waals surface area contributed by atoms with Gasteiger partial charge in [-0.25, -0.2) is 4.98 Å². The first-order valence-electron chi connectivity index (χ1n) is 8.13. The molecule has 120 valence electrons. The molecule has 1 aromatic heterocycles. The summed E-state index contributed by atoms with van der Waals surface area (Å²) in [4.78, 5) is 8.85. The number of unbranched alkanes of at least 4 members (excludes halogenated alkanes) is 1. The molecule has 1 rings (SSSR count). The minimum atomic E-state index is 0.721. The van der Waals surface area contributed by atoms with Crippen molar-refractivity contribution < 1.29 is 0 Å². The number of aromatic nitrogens is 2. The van der Waals surface area contributed by atoms with Crippen LogP contribution in [-0.4, -0.2) is 35.1 Å². The van der Waals surface area contributed by atoms with Crippen LogP contribution in [0.25, 0.3) is 0 Å². The topological polar surface area (TPSA) is 54.2 Å². The van der Waals surface area contributed by atoms with Gasteiger partial charge < -0.3 is 15.2 Å². The SMILES string of the molecule is CCNC(=NCCCCn1ccnc1C)NCCC(C)C. The fourth-order valence-electron chi connectivity index (χ4n) is 2.05. The predicted octanol–water partition coefficient (Wildman–Crippen LogP) is 2.57. The van der Waals surface area contributed by atoms with Gasteiger partial charge in [-0.15, -0.1) is 0 Å². The highest BCUT2D eigenvalue weighted by atomic mass is 15.2. The number of hydrogen-bond acceptors (Lipinski definition) is 2. The molecule has 0 radical (unpaired) electrons. The van der Waals surface area contributed by atoms with Crippen molar-refractivity contribution in [3.05, 3.63) is 18.2 Å². The third-order valence-electron chi connectivity index (χ3n) is 3.36. The number of aryl methyl sites for hydroxylation is 2. The van der Waals surface area contributed by atoms with E-state index in [1.807, 2.05) is 19.3 Å². The van der Waals surface area contributed by atoms with Crippen LogP contribution in [0.3, 0.4) is 0 Å². The second kappa shape index (κ2) is 10.2. The number of nitrogens with zero attached hydrogens (tertiary/aromatic N) is 3. The van der Waals surface area contributed by atoms with Gasteiger partial charge in [-0.2, -0.15) is 0 Å². The number of hydrogen-bond donors (Lipinski definition) is 2. The second-order valence-electron chi connectivity index (χ2n) is 5.74. The lowest BCUT2D eigenvalue weighted by Crippen LogP contribution is -2.38. The highest BCUT2D eigenvalue weighted by Gasteiger charge is 1.99. The number of rotatable bonds is 9. The van der Waals surface area contributed by atoms with Crippen molar-refractivity contribution >= 4 is 5.96 Å². The van der Waals surface area contributed by atoms with Gasteiger partial charge in [0.2, 0.25) is 0 Å².